The summed E-state index contributed by atoms with van der Waals surface area (Å²) in [4.78, 5) is 7.06. The summed E-state index contributed by atoms with van der Waals surface area (Å²) in [5.41, 5.74) is 8.83. The molecule has 0 aliphatic carbocycles. The Hall–Kier alpha value is -1.97. The molecule has 0 spiro atoms. The Morgan fingerprint density at radius 1 is 1.39 bits per heavy atom. The number of nitrogens with two attached hydrogens (primary N) is 1. The van der Waals surface area contributed by atoms with Gasteiger partial charge in [0, 0.05) is 5.56 Å². The number of nitrogens with zero attached hydrogens (tertiary/aromatic N) is 1. The lowest BCUT2D eigenvalue weighted by atomic mass is 9.93. The lowest BCUT2D eigenvalue weighted by molar-refractivity contribution is 0.0847. The van der Waals surface area contributed by atoms with Crippen LogP contribution in [0.1, 0.15) is 25.8 Å². The fourth-order valence-corrected chi connectivity index (χ4v) is 2.31. The number of rotatable bonds is 1. The van der Waals surface area contributed by atoms with Crippen molar-refractivity contribution in [2.75, 3.05) is 5.73 Å². The van der Waals surface area contributed by atoms with Crippen molar-refractivity contribution in [3.63, 3.8) is 0 Å². The quantitative estimate of drug-likeness (QED) is 0.809. The molecule has 1 aromatic heterocycles. The van der Waals surface area contributed by atoms with Crippen molar-refractivity contribution in [2.24, 2.45) is 0 Å². The van der Waals surface area contributed by atoms with E-state index in [0.717, 1.165) is 29.8 Å². The maximum Gasteiger partial charge on any atom is 0.197 e. The average molecular weight is 243 g/mol. The SMILES string of the molecule is CC1(C)CCc2cc(-c3cnc(N)[nH]3)ccc2O1. The molecule has 1 aliphatic heterocycles. The molecule has 2 heterocycles. The number of aromatic nitrogens is 2. The van der Waals surface area contributed by atoms with Crippen LogP contribution in [0.2, 0.25) is 0 Å². The third-order valence-electron chi connectivity index (χ3n) is 3.35. The normalized spacial score (nSPS) is 17.0. The average Bonchev–Trinajstić information content (AvgIpc) is 2.74. The van der Waals surface area contributed by atoms with E-state index in [1.54, 1.807) is 6.20 Å². The van der Waals surface area contributed by atoms with E-state index in [9.17, 15) is 0 Å². The number of imidazole rings is 1. The molecule has 4 nitrogen and oxygen atoms in total. The molecule has 0 radical (unpaired) electrons. The van der Waals surface area contributed by atoms with Crippen molar-refractivity contribution >= 4 is 5.95 Å². The van der Waals surface area contributed by atoms with Crippen molar-refractivity contribution < 1.29 is 4.74 Å². The maximum absolute atomic E-state index is 5.96. The van der Waals surface area contributed by atoms with Gasteiger partial charge in [-0.3, -0.25) is 0 Å². The molecule has 4 heteroatoms. The van der Waals surface area contributed by atoms with Crippen molar-refractivity contribution in [3.05, 3.63) is 30.0 Å². The zero-order valence-corrected chi connectivity index (χ0v) is 10.7. The van der Waals surface area contributed by atoms with E-state index in [0.29, 0.717) is 5.95 Å². The van der Waals surface area contributed by atoms with Gasteiger partial charge in [-0.15, -0.1) is 0 Å². The van der Waals surface area contributed by atoms with Gasteiger partial charge in [-0.25, -0.2) is 4.98 Å². The second-order valence-electron chi connectivity index (χ2n) is 5.37. The Balaban J connectivity index is 1.97. The third kappa shape index (κ3) is 1.94. The second-order valence-corrected chi connectivity index (χ2v) is 5.37. The van der Waals surface area contributed by atoms with Crippen molar-refractivity contribution in [2.45, 2.75) is 32.3 Å². The van der Waals surface area contributed by atoms with Crippen LogP contribution < -0.4 is 10.5 Å². The summed E-state index contributed by atoms with van der Waals surface area (Å²) in [5.74, 6) is 1.43. The first-order valence-corrected chi connectivity index (χ1v) is 6.16. The summed E-state index contributed by atoms with van der Waals surface area (Å²) in [7, 11) is 0. The highest BCUT2D eigenvalue weighted by atomic mass is 16.5. The Morgan fingerprint density at radius 3 is 2.94 bits per heavy atom. The van der Waals surface area contributed by atoms with Crippen molar-refractivity contribution in [3.8, 4) is 17.0 Å². The highest BCUT2D eigenvalue weighted by molar-refractivity contribution is 5.63. The highest BCUT2D eigenvalue weighted by Crippen LogP contribution is 2.35. The molecule has 0 saturated carbocycles. The summed E-state index contributed by atoms with van der Waals surface area (Å²) in [5, 5.41) is 0. The Labute approximate surface area is 106 Å². The number of hydrogen-bond donors (Lipinski definition) is 2. The van der Waals surface area contributed by atoms with E-state index in [-0.39, 0.29) is 5.60 Å². The minimum Gasteiger partial charge on any atom is -0.488 e. The third-order valence-corrected chi connectivity index (χ3v) is 3.35. The number of nitrogens with one attached hydrogen (secondary N) is 1. The number of benzene rings is 1. The molecule has 3 N–H and O–H groups in total. The maximum atomic E-state index is 5.96. The van der Waals surface area contributed by atoms with Gasteiger partial charge in [0.05, 0.1) is 11.9 Å². The first kappa shape index (κ1) is 11.1. The molecule has 2 aromatic rings. The first-order valence-electron chi connectivity index (χ1n) is 6.16. The summed E-state index contributed by atoms with van der Waals surface area (Å²) < 4.78 is 5.96. The molecule has 0 atom stereocenters. The van der Waals surface area contributed by atoms with Crippen molar-refractivity contribution in [1.29, 1.82) is 0 Å². The Morgan fingerprint density at radius 2 is 2.22 bits per heavy atom. The van der Waals surface area contributed by atoms with Gasteiger partial charge < -0.3 is 15.5 Å². The van der Waals surface area contributed by atoms with Gasteiger partial charge in [0.25, 0.3) is 0 Å². The molecule has 0 saturated heterocycles. The van der Waals surface area contributed by atoms with E-state index in [4.69, 9.17) is 10.5 Å². The summed E-state index contributed by atoms with van der Waals surface area (Å²) in [6.07, 6.45) is 3.83. The van der Waals surface area contributed by atoms with Gasteiger partial charge in [0.1, 0.15) is 11.4 Å². The smallest absolute Gasteiger partial charge is 0.197 e. The van der Waals surface area contributed by atoms with Crippen LogP contribution in [-0.2, 0) is 6.42 Å². The zero-order chi connectivity index (χ0) is 12.8. The van der Waals surface area contributed by atoms with E-state index in [2.05, 4.69) is 29.9 Å². The molecule has 3 rings (SSSR count). The number of fused-ring (bicyclic) bond motifs is 1. The van der Waals surface area contributed by atoms with Crippen molar-refractivity contribution in [1.82, 2.24) is 9.97 Å². The summed E-state index contributed by atoms with van der Waals surface area (Å²) in [6, 6.07) is 6.22. The highest BCUT2D eigenvalue weighted by Gasteiger charge is 2.26. The van der Waals surface area contributed by atoms with Gasteiger partial charge in [0.2, 0.25) is 0 Å². The fourth-order valence-electron chi connectivity index (χ4n) is 2.31. The first-order chi connectivity index (χ1) is 8.53. The predicted molar refractivity (Wildman–Crippen MR) is 71.5 cm³/mol. The molecule has 94 valence electrons. The van der Waals surface area contributed by atoms with Crippen LogP contribution in [0, 0.1) is 0 Å². The van der Waals surface area contributed by atoms with Gasteiger partial charge in [-0.05, 0) is 50.5 Å². The summed E-state index contributed by atoms with van der Waals surface area (Å²) in [6.45, 7) is 4.25. The number of nitrogen functional groups attached to an aromatic ring is 1. The topological polar surface area (TPSA) is 63.9 Å². The number of hydrogen-bond acceptors (Lipinski definition) is 3. The van der Waals surface area contributed by atoms with Gasteiger partial charge in [-0.1, -0.05) is 0 Å². The summed E-state index contributed by atoms with van der Waals surface area (Å²) >= 11 is 0. The van der Waals surface area contributed by atoms with Crippen LogP contribution in [-0.4, -0.2) is 15.6 Å². The van der Waals surface area contributed by atoms with Crippen LogP contribution in [0.25, 0.3) is 11.3 Å². The Bertz CT molecular complexity index is 586. The van der Waals surface area contributed by atoms with Crippen LogP contribution in [0.3, 0.4) is 0 Å². The van der Waals surface area contributed by atoms with E-state index in [1.807, 2.05) is 12.1 Å². The minimum absolute atomic E-state index is 0.0626. The largest absolute Gasteiger partial charge is 0.488 e. The monoisotopic (exact) mass is 243 g/mol. The zero-order valence-electron chi connectivity index (χ0n) is 10.7. The van der Waals surface area contributed by atoms with Crippen LogP contribution in [0.4, 0.5) is 5.95 Å². The van der Waals surface area contributed by atoms with E-state index >= 15 is 0 Å². The molecule has 0 fully saturated rings. The number of anilines is 1. The molecule has 0 bridgehead atoms. The van der Waals surface area contributed by atoms with Gasteiger partial charge >= 0.3 is 0 Å². The molecule has 18 heavy (non-hydrogen) atoms. The van der Waals surface area contributed by atoms with Crippen LogP contribution >= 0.6 is 0 Å². The fraction of sp³-hybridized carbons (Fsp3) is 0.357. The van der Waals surface area contributed by atoms with E-state index < -0.39 is 0 Å². The number of aryl methyl sites for hydroxylation is 1. The molecular formula is C14H17N3O. The Kier molecular flexibility index (Phi) is 2.33. The van der Waals surface area contributed by atoms with Gasteiger partial charge in [0.15, 0.2) is 5.95 Å². The molecule has 1 aromatic carbocycles. The second kappa shape index (κ2) is 3.77. The molecule has 1 aliphatic rings. The number of H-pyrrole nitrogens is 1. The number of ether oxygens (including phenoxy) is 1. The predicted octanol–water partition coefficient (Wildman–Crippen LogP) is 2.76. The lowest BCUT2D eigenvalue weighted by Gasteiger charge is -2.32. The minimum atomic E-state index is -0.0626. The molecule has 0 unspecified atom stereocenters. The lowest BCUT2D eigenvalue weighted by Crippen LogP contribution is -2.32. The van der Waals surface area contributed by atoms with Crippen LogP contribution in [0.15, 0.2) is 24.4 Å². The molecule has 0 amide bonds. The van der Waals surface area contributed by atoms with E-state index in [1.165, 1.54) is 5.56 Å². The van der Waals surface area contributed by atoms with Gasteiger partial charge in [-0.2, -0.15) is 0 Å². The number of aromatic amines is 1. The van der Waals surface area contributed by atoms with Crippen LogP contribution in [0.5, 0.6) is 5.75 Å². The molecular weight excluding hydrogens is 226 g/mol. The standard InChI is InChI=1S/C14H17N3O/c1-14(2)6-5-10-7-9(3-4-12(10)18-14)11-8-16-13(15)17-11/h3-4,7-8H,5-6H2,1-2H3,(H3,15,16,17).